The van der Waals surface area contributed by atoms with Crippen LogP contribution in [0.3, 0.4) is 0 Å². The molecule has 17 heavy (non-hydrogen) atoms. The Balaban J connectivity index is 2.73. The third kappa shape index (κ3) is 4.07. The summed E-state index contributed by atoms with van der Waals surface area (Å²) in [6.45, 7) is 4.68. The number of nitrogens with zero attached hydrogens (tertiary/aromatic N) is 1. The van der Waals surface area contributed by atoms with Crippen molar-refractivity contribution in [3.8, 4) is 0 Å². The van der Waals surface area contributed by atoms with Gasteiger partial charge in [-0.25, -0.2) is 0 Å². The minimum absolute atomic E-state index is 0.000625. The van der Waals surface area contributed by atoms with E-state index in [9.17, 15) is 4.79 Å². The number of amides is 1. The molecule has 0 saturated carbocycles. The summed E-state index contributed by atoms with van der Waals surface area (Å²) in [5, 5.41) is 0. The lowest BCUT2D eigenvalue weighted by Crippen LogP contribution is -2.38. The summed E-state index contributed by atoms with van der Waals surface area (Å²) >= 11 is 0. The number of benzene rings is 1. The number of ether oxygens (including phenoxy) is 1. The molecule has 0 aliphatic heterocycles. The Hall–Kier alpha value is -1.55. The van der Waals surface area contributed by atoms with Crippen molar-refractivity contribution in [1.82, 2.24) is 4.90 Å². The molecule has 0 heterocycles. The monoisotopic (exact) mass is 236 g/mol. The summed E-state index contributed by atoms with van der Waals surface area (Å²) in [5.41, 5.74) is 7.42. The number of hydrogen-bond acceptors (Lipinski definition) is 3. The zero-order chi connectivity index (χ0) is 12.8. The van der Waals surface area contributed by atoms with E-state index in [0.29, 0.717) is 6.54 Å². The van der Waals surface area contributed by atoms with Gasteiger partial charge in [0, 0.05) is 25.4 Å². The Kier molecular flexibility index (Phi) is 4.97. The maximum atomic E-state index is 11.8. The number of nitrogen functional groups attached to an aromatic ring is 1. The van der Waals surface area contributed by atoms with E-state index in [2.05, 4.69) is 0 Å². The molecule has 1 aromatic rings. The quantitative estimate of drug-likeness (QED) is 0.791. The van der Waals surface area contributed by atoms with Crippen LogP contribution in [0, 0.1) is 0 Å². The van der Waals surface area contributed by atoms with Gasteiger partial charge in [-0.2, -0.15) is 0 Å². The molecule has 0 radical (unpaired) electrons. The van der Waals surface area contributed by atoms with Gasteiger partial charge in [0.25, 0.3) is 0 Å². The Morgan fingerprint density at radius 2 is 1.94 bits per heavy atom. The standard InChI is InChI=1S/C13H20N2O2/c1-10(2)15(13(16)9-17-3)8-11-4-6-12(14)7-5-11/h4-7,10H,8-9,14H2,1-3H3. The number of carbonyl (C=O) groups is 1. The number of anilines is 1. The molecule has 1 aromatic carbocycles. The van der Waals surface area contributed by atoms with Crippen molar-refractivity contribution >= 4 is 11.6 Å². The van der Waals surface area contributed by atoms with Gasteiger partial charge >= 0.3 is 0 Å². The van der Waals surface area contributed by atoms with Crippen LogP contribution in [0.5, 0.6) is 0 Å². The molecule has 1 amide bonds. The maximum absolute atomic E-state index is 11.8. The van der Waals surface area contributed by atoms with Crippen LogP contribution >= 0.6 is 0 Å². The zero-order valence-corrected chi connectivity index (χ0v) is 10.6. The molecular formula is C13H20N2O2. The van der Waals surface area contributed by atoms with Crippen LogP contribution in [-0.4, -0.2) is 30.6 Å². The topological polar surface area (TPSA) is 55.6 Å². The second-order valence-corrected chi connectivity index (χ2v) is 4.29. The SMILES string of the molecule is COCC(=O)N(Cc1ccc(N)cc1)C(C)C. The van der Waals surface area contributed by atoms with Gasteiger partial charge < -0.3 is 15.4 Å². The van der Waals surface area contributed by atoms with E-state index in [4.69, 9.17) is 10.5 Å². The fraction of sp³-hybridized carbons (Fsp3) is 0.462. The molecule has 2 N–H and O–H groups in total. The third-order valence-electron chi connectivity index (χ3n) is 2.54. The van der Waals surface area contributed by atoms with Gasteiger partial charge in [-0.3, -0.25) is 4.79 Å². The number of carbonyl (C=O) groups excluding carboxylic acids is 1. The van der Waals surface area contributed by atoms with E-state index in [0.717, 1.165) is 11.3 Å². The highest BCUT2D eigenvalue weighted by Gasteiger charge is 2.16. The van der Waals surface area contributed by atoms with Crippen molar-refractivity contribution in [1.29, 1.82) is 0 Å². The smallest absolute Gasteiger partial charge is 0.249 e. The van der Waals surface area contributed by atoms with Gasteiger partial charge in [-0.05, 0) is 31.5 Å². The molecule has 0 aromatic heterocycles. The normalized spacial score (nSPS) is 10.6. The minimum Gasteiger partial charge on any atom is -0.399 e. The molecule has 0 fully saturated rings. The van der Waals surface area contributed by atoms with Gasteiger partial charge in [0.1, 0.15) is 6.61 Å². The van der Waals surface area contributed by atoms with Gasteiger partial charge in [0.2, 0.25) is 5.91 Å². The lowest BCUT2D eigenvalue weighted by atomic mass is 10.1. The summed E-state index contributed by atoms with van der Waals surface area (Å²) in [4.78, 5) is 13.6. The van der Waals surface area contributed by atoms with E-state index in [1.165, 1.54) is 7.11 Å². The van der Waals surface area contributed by atoms with E-state index in [1.807, 2.05) is 38.1 Å². The first-order chi connectivity index (χ1) is 8.04. The molecule has 0 bridgehead atoms. The van der Waals surface area contributed by atoms with Crippen LogP contribution in [-0.2, 0) is 16.1 Å². The second kappa shape index (κ2) is 6.25. The highest BCUT2D eigenvalue weighted by molar-refractivity contribution is 5.77. The van der Waals surface area contributed by atoms with E-state index in [-0.39, 0.29) is 18.6 Å². The minimum atomic E-state index is -0.000625. The first kappa shape index (κ1) is 13.5. The van der Waals surface area contributed by atoms with Crippen LogP contribution in [0.25, 0.3) is 0 Å². The largest absolute Gasteiger partial charge is 0.399 e. The molecule has 94 valence electrons. The molecule has 0 saturated heterocycles. The third-order valence-corrected chi connectivity index (χ3v) is 2.54. The second-order valence-electron chi connectivity index (χ2n) is 4.29. The van der Waals surface area contributed by atoms with Gasteiger partial charge in [-0.15, -0.1) is 0 Å². The summed E-state index contributed by atoms with van der Waals surface area (Å²) in [7, 11) is 1.53. The van der Waals surface area contributed by atoms with E-state index in [1.54, 1.807) is 4.90 Å². The Morgan fingerprint density at radius 3 is 2.41 bits per heavy atom. The van der Waals surface area contributed by atoms with Crippen molar-refractivity contribution in [2.24, 2.45) is 0 Å². The number of methoxy groups -OCH3 is 1. The summed E-state index contributed by atoms with van der Waals surface area (Å²) in [6.07, 6.45) is 0. The van der Waals surface area contributed by atoms with Crippen LogP contribution in [0.1, 0.15) is 19.4 Å². The fourth-order valence-corrected chi connectivity index (χ4v) is 1.58. The average Bonchev–Trinajstić information content (AvgIpc) is 2.28. The summed E-state index contributed by atoms with van der Waals surface area (Å²) in [5.74, 6) is -0.000625. The number of rotatable bonds is 5. The molecule has 0 unspecified atom stereocenters. The molecule has 1 rings (SSSR count). The van der Waals surface area contributed by atoms with Crippen molar-refractivity contribution in [2.45, 2.75) is 26.4 Å². The molecule has 4 heteroatoms. The molecule has 0 aliphatic rings. The average molecular weight is 236 g/mol. The molecule has 4 nitrogen and oxygen atoms in total. The molecule has 0 spiro atoms. The lowest BCUT2D eigenvalue weighted by Gasteiger charge is -2.26. The van der Waals surface area contributed by atoms with E-state index < -0.39 is 0 Å². The fourth-order valence-electron chi connectivity index (χ4n) is 1.58. The molecule has 0 atom stereocenters. The summed E-state index contributed by atoms with van der Waals surface area (Å²) < 4.78 is 4.88. The highest BCUT2D eigenvalue weighted by atomic mass is 16.5. The van der Waals surface area contributed by atoms with Gasteiger partial charge in [0.05, 0.1) is 0 Å². The van der Waals surface area contributed by atoms with Crippen LogP contribution in [0.4, 0.5) is 5.69 Å². The predicted molar refractivity (Wildman–Crippen MR) is 68.4 cm³/mol. The highest BCUT2D eigenvalue weighted by Crippen LogP contribution is 2.11. The molecule has 0 aliphatic carbocycles. The van der Waals surface area contributed by atoms with Crippen LogP contribution < -0.4 is 5.73 Å². The van der Waals surface area contributed by atoms with Crippen LogP contribution in [0.2, 0.25) is 0 Å². The lowest BCUT2D eigenvalue weighted by molar-refractivity contribution is -0.137. The Morgan fingerprint density at radius 1 is 1.35 bits per heavy atom. The predicted octanol–water partition coefficient (Wildman–Crippen LogP) is 1.65. The zero-order valence-electron chi connectivity index (χ0n) is 10.6. The Labute approximate surface area is 102 Å². The van der Waals surface area contributed by atoms with Crippen molar-refractivity contribution in [3.05, 3.63) is 29.8 Å². The van der Waals surface area contributed by atoms with Gasteiger partial charge in [-0.1, -0.05) is 12.1 Å². The first-order valence-electron chi connectivity index (χ1n) is 5.67. The van der Waals surface area contributed by atoms with Crippen LogP contribution in [0.15, 0.2) is 24.3 Å². The summed E-state index contributed by atoms with van der Waals surface area (Å²) in [6, 6.07) is 7.70. The van der Waals surface area contributed by atoms with Gasteiger partial charge in [0.15, 0.2) is 0 Å². The number of nitrogens with two attached hydrogens (primary N) is 1. The first-order valence-corrected chi connectivity index (χ1v) is 5.67. The van der Waals surface area contributed by atoms with Crippen molar-refractivity contribution in [2.75, 3.05) is 19.5 Å². The maximum Gasteiger partial charge on any atom is 0.249 e. The number of hydrogen-bond donors (Lipinski definition) is 1. The van der Waals surface area contributed by atoms with Crippen molar-refractivity contribution < 1.29 is 9.53 Å². The van der Waals surface area contributed by atoms with E-state index >= 15 is 0 Å². The molecular weight excluding hydrogens is 216 g/mol. The Bertz CT molecular complexity index is 360. The van der Waals surface area contributed by atoms with Crippen molar-refractivity contribution in [3.63, 3.8) is 0 Å².